The van der Waals surface area contributed by atoms with Gasteiger partial charge in [0.15, 0.2) is 17.4 Å². The van der Waals surface area contributed by atoms with Crippen LogP contribution in [-0.2, 0) is 30.5 Å². The Balaban J connectivity index is 0.00000363. The van der Waals surface area contributed by atoms with Gasteiger partial charge in [-0.3, -0.25) is 9.59 Å². The van der Waals surface area contributed by atoms with Crippen LogP contribution in [0.5, 0.6) is 0 Å². The molecule has 0 bridgehead atoms. The number of hydrogen-bond acceptors (Lipinski definition) is 4. The molecule has 3 rings (SSSR count). The smallest absolute Gasteiger partial charge is 0.335 e. The molecule has 1 aliphatic heterocycles. The van der Waals surface area contributed by atoms with Gasteiger partial charge in [0.25, 0.3) is 0 Å². The van der Waals surface area contributed by atoms with Gasteiger partial charge in [-0.15, -0.1) is 12.4 Å². The third-order valence-corrected chi connectivity index (χ3v) is 4.95. The first kappa shape index (κ1) is 25.7. The van der Waals surface area contributed by atoms with Crippen molar-refractivity contribution in [3.05, 3.63) is 52.4 Å². The highest BCUT2D eigenvalue weighted by Crippen LogP contribution is 2.32. The Morgan fingerprint density at radius 3 is 2.34 bits per heavy atom. The fourth-order valence-corrected chi connectivity index (χ4v) is 3.51. The van der Waals surface area contributed by atoms with Gasteiger partial charge < -0.3 is 15.2 Å². The Morgan fingerprint density at radius 2 is 1.75 bits per heavy atom. The number of halogens is 7. The number of imidazole rings is 1. The number of nitrogens with zero attached hydrogens (tertiary/aromatic N) is 3. The topological polar surface area (TPSA) is 81.2 Å². The molecule has 2 N–H and O–H groups in total. The number of rotatable bonds is 5. The number of carbonyl (C=O) groups is 2. The number of nitrogens with two attached hydrogens (primary N) is 1. The van der Waals surface area contributed by atoms with E-state index in [4.69, 9.17) is 5.73 Å². The van der Waals surface area contributed by atoms with Gasteiger partial charge in [0.1, 0.15) is 11.5 Å². The molecule has 176 valence electrons. The highest BCUT2D eigenvalue weighted by Gasteiger charge is 2.41. The van der Waals surface area contributed by atoms with E-state index in [1.54, 1.807) is 0 Å². The number of amides is 1. The second-order valence-electron chi connectivity index (χ2n) is 7.28. The molecule has 2 heterocycles. The zero-order chi connectivity index (χ0) is 23.1. The fourth-order valence-electron chi connectivity index (χ4n) is 3.51. The van der Waals surface area contributed by atoms with Crippen LogP contribution in [0.2, 0.25) is 0 Å². The minimum Gasteiger partial charge on any atom is -0.335 e. The van der Waals surface area contributed by atoms with Crippen LogP contribution in [-0.4, -0.2) is 38.7 Å². The lowest BCUT2D eigenvalue weighted by molar-refractivity contribution is -0.148. The van der Waals surface area contributed by atoms with Gasteiger partial charge in [0, 0.05) is 38.5 Å². The van der Waals surface area contributed by atoms with Crippen LogP contribution < -0.4 is 5.73 Å². The van der Waals surface area contributed by atoms with Crippen molar-refractivity contribution in [1.29, 1.82) is 0 Å². The molecule has 2 aromatic rings. The monoisotopic (exact) mass is 484 g/mol. The van der Waals surface area contributed by atoms with Crippen LogP contribution in [0.1, 0.15) is 40.9 Å². The SMILES string of the molecule is CC(=O)c1nc(C(F)(F)F)n2c1CN(C(=O)CC(N)Cc1cc(F)c(F)cc1F)CC2.Cl. The molecule has 0 fully saturated rings. The van der Waals surface area contributed by atoms with E-state index in [2.05, 4.69) is 4.98 Å². The van der Waals surface area contributed by atoms with Crippen LogP contribution in [0.25, 0.3) is 0 Å². The third kappa shape index (κ3) is 5.23. The number of benzene rings is 1. The predicted octanol–water partition coefficient (Wildman–Crippen LogP) is 3.25. The quantitative estimate of drug-likeness (QED) is 0.401. The van der Waals surface area contributed by atoms with E-state index in [1.807, 2.05) is 0 Å². The molecule has 1 atom stereocenters. The summed E-state index contributed by atoms with van der Waals surface area (Å²) in [5.74, 6) is -6.02. The molecule has 13 heteroatoms. The minimum atomic E-state index is -4.76. The summed E-state index contributed by atoms with van der Waals surface area (Å²) in [7, 11) is 0. The van der Waals surface area contributed by atoms with Gasteiger partial charge in [-0.25, -0.2) is 18.2 Å². The van der Waals surface area contributed by atoms with Crippen molar-refractivity contribution >= 4 is 24.1 Å². The van der Waals surface area contributed by atoms with Gasteiger partial charge in [-0.2, -0.15) is 13.2 Å². The van der Waals surface area contributed by atoms with E-state index in [-0.39, 0.29) is 61.8 Å². The van der Waals surface area contributed by atoms with Gasteiger partial charge in [0.05, 0.1) is 12.2 Å². The van der Waals surface area contributed by atoms with Crippen molar-refractivity contribution in [2.75, 3.05) is 6.54 Å². The summed E-state index contributed by atoms with van der Waals surface area (Å²) in [6.45, 7) is 0.511. The maximum atomic E-state index is 13.8. The van der Waals surface area contributed by atoms with Gasteiger partial charge in [0.2, 0.25) is 11.7 Å². The zero-order valence-corrected chi connectivity index (χ0v) is 17.5. The second-order valence-corrected chi connectivity index (χ2v) is 7.28. The number of fused-ring (bicyclic) bond motifs is 1. The average molecular weight is 485 g/mol. The lowest BCUT2D eigenvalue weighted by atomic mass is 10.0. The number of alkyl halides is 3. The normalized spacial score (nSPS) is 14.6. The number of carbonyl (C=O) groups excluding carboxylic acids is 2. The van der Waals surface area contributed by atoms with Crippen LogP contribution in [0.3, 0.4) is 0 Å². The summed E-state index contributed by atoms with van der Waals surface area (Å²) in [5, 5.41) is 0. The Morgan fingerprint density at radius 1 is 1.12 bits per heavy atom. The van der Waals surface area contributed by atoms with Crippen LogP contribution in [0, 0.1) is 17.5 Å². The van der Waals surface area contributed by atoms with Crippen LogP contribution in [0.4, 0.5) is 26.3 Å². The number of Topliss-reactive ketones (excluding diaryl/α,β-unsaturated/α-hetero) is 1. The predicted molar refractivity (Wildman–Crippen MR) is 103 cm³/mol. The molecular weight excluding hydrogens is 466 g/mol. The van der Waals surface area contributed by atoms with Gasteiger partial charge in [-0.1, -0.05) is 0 Å². The lowest BCUT2D eigenvalue weighted by Gasteiger charge is -2.30. The summed E-state index contributed by atoms with van der Waals surface area (Å²) in [6, 6.07) is 0.0930. The average Bonchev–Trinajstić information content (AvgIpc) is 3.05. The van der Waals surface area contributed by atoms with Gasteiger partial charge in [-0.05, 0) is 18.1 Å². The second kappa shape index (κ2) is 9.49. The molecular formula is C19H19ClF6N4O2. The largest absolute Gasteiger partial charge is 0.449 e. The Labute approximate surface area is 184 Å². The van der Waals surface area contributed by atoms with Crippen LogP contribution in [0.15, 0.2) is 12.1 Å². The van der Waals surface area contributed by atoms with Crippen molar-refractivity contribution in [3.63, 3.8) is 0 Å². The first-order valence-corrected chi connectivity index (χ1v) is 9.22. The maximum absolute atomic E-state index is 13.8. The highest BCUT2D eigenvalue weighted by molar-refractivity contribution is 5.93. The Hall–Kier alpha value is -2.60. The standard InChI is InChI=1S/C19H18F6N4O2.ClH/c1-9(30)17-15-8-28(2-3-29(15)18(27-17)19(23,24)25)16(31)6-11(26)4-10-5-13(21)14(22)7-12(10)20;/h5,7,11H,2-4,6,8,26H2,1H3;1H. The molecule has 1 aromatic heterocycles. The van der Waals surface area contributed by atoms with E-state index in [0.717, 1.165) is 11.5 Å². The Kier molecular flexibility index (Phi) is 7.61. The number of ketones is 1. The summed E-state index contributed by atoms with van der Waals surface area (Å²) in [5.41, 5.74) is 5.26. The molecule has 0 saturated heterocycles. The molecule has 1 aliphatic rings. The van der Waals surface area contributed by atoms with Gasteiger partial charge >= 0.3 is 6.18 Å². The van der Waals surface area contributed by atoms with Crippen molar-refractivity contribution in [3.8, 4) is 0 Å². The molecule has 0 saturated carbocycles. The molecule has 1 unspecified atom stereocenters. The lowest BCUT2D eigenvalue weighted by Crippen LogP contribution is -2.42. The Bertz CT molecular complexity index is 1040. The summed E-state index contributed by atoms with van der Waals surface area (Å²) in [6.07, 6.45) is -5.32. The number of hydrogen-bond donors (Lipinski definition) is 1. The summed E-state index contributed by atoms with van der Waals surface area (Å²) >= 11 is 0. The van der Waals surface area contributed by atoms with E-state index in [1.165, 1.54) is 4.90 Å². The summed E-state index contributed by atoms with van der Waals surface area (Å²) in [4.78, 5) is 29.0. The number of aromatic nitrogens is 2. The minimum absolute atomic E-state index is 0. The van der Waals surface area contributed by atoms with E-state index < -0.39 is 47.2 Å². The van der Waals surface area contributed by atoms with E-state index >= 15 is 0 Å². The van der Waals surface area contributed by atoms with Crippen molar-refractivity contribution in [2.24, 2.45) is 5.73 Å². The molecule has 6 nitrogen and oxygen atoms in total. The first-order chi connectivity index (χ1) is 14.4. The third-order valence-electron chi connectivity index (χ3n) is 4.95. The summed E-state index contributed by atoms with van der Waals surface area (Å²) < 4.78 is 80.6. The van der Waals surface area contributed by atoms with E-state index in [0.29, 0.717) is 12.1 Å². The molecule has 0 spiro atoms. The van der Waals surface area contributed by atoms with Crippen molar-refractivity contribution in [2.45, 2.75) is 45.1 Å². The van der Waals surface area contributed by atoms with Crippen LogP contribution >= 0.6 is 12.4 Å². The highest BCUT2D eigenvalue weighted by atomic mass is 35.5. The molecule has 1 aromatic carbocycles. The maximum Gasteiger partial charge on any atom is 0.449 e. The van der Waals surface area contributed by atoms with Crippen molar-refractivity contribution in [1.82, 2.24) is 14.5 Å². The zero-order valence-electron chi connectivity index (χ0n) is 16.7. The first-order valence-electron chi connectivity index (χ1n) is 9.22. The molecule has 1 amide bonds. The van der Waals surface area contributed by atoms with Crippen molar-refractivity contribution < 1.29 is 35.9 Å². The fraction of sp³-hybridized carbons (Fsp3) is 0.421. The molecule has 32 heavy (non-hydrogen) atoms. The molecule has 0 radical (unpaired) electrons. The van der Waals surface area contributed by atoms with E-state index in [9.17, 15) is 35.9 Å². The molecule has 0 aliphatic carbocycles.